The van der Waals surface area contributed by atoms with Gasteiger partial charge in [0.05, 0.1) is 62.3 Å². The van der Waals surface area contributed by atoms with Crippen LogP contribution in [0.2, 0.25) is 0 Å². The van der Waals surface area contributed by atoms with E-state index >= 15 is 0 Å². The van der Waals surface area contributed by atoms with E-state index in [2.05, 4.69) is 49.6 Å². The van der Waals surface area contributed by atoms with Crippen LogP contribution in [0.3, 0.4) is 0 Å². The van der Waals surface area contributed by atoms with Gasteiger partial charge in [0.1, 0.15) is 60.9 Å². The quantitative estimate of drug-likeness (QED) is 0.00827. The minimum Gasteiger partial charge on any atom is -0.756 e. The van der Waals surface area contributed by atoms with Crippen LogP contribution in [-0.4, -0.2) is 107 Å². The normalized spacial score (nSPS) is 19.8. The number of nitrogen functional groups attached to an aromatic ring is 1. The van der Waals surface area contributed by atoms with Gasteiger partial charge in [-0.05, 0) is 111 Å². The summed E-state index contributed by atoms with van der Waals surface area (Å²) in [6, 6.07) is 10.6. The highest BCUT2D eigenvalue weighted by Crippen LogP contribution is 2.62. The third-order valence-electron chi connectivity index (χ3n) is 15.6. The number of nitrogens with zero attached hydrogens (tertiary/aromatic N) is 5. The summed E-state index contributed by atoms with van der Waals surface area (Å²) in [5.41, 5.74) is 8.82. The van der Waals surface area contributed by atoms with Crippen LogP contribution in [0, 0.1) is 11.8 Å². The predicted molar refractivity (Wildman–Crippen MR) is 322 cm³/mol. The van der Waals surface area contributed by atoms with Crippen molar-refractivity contribution >= 4 is 127 Å². The zero-order chi connectivity index (χ0) is 68.0. The molecule has 1 fully saturated rings. The Morgan fingerprint density at radius 3 is 2.22 bits per heavy atom. The van der Waals surface area contributed by atoms with Crippen LogP contribution in [0.1, 0.15) is 96.1 Å². The van der Waals surface area contributed by atoms with E-state index in [4.69, 9.17) is 15.4 Å². The maximum Gasteiger partial charge on any atom is 0.280 e. The average molecular weight is 1420 g/mol. The number of nitrogens with two attached hydrogens (primary N) is 1. The molecule has 2 aromatic heterocycles. The number of hydrogen-bond acceptors (Lipinski definition) is 28. The molecule has 3 aliphatic heterocycles. The summed E-state index contributed by atoms with van der Waals surface area (Å²) in [6.07, 6.45) is 11.9. The van der Waals surface area contributed by atoms with Crippen LogP contribution in [0.15, 0.2) is 117 Å². The molecule has 38 heteroatoms. The topological polar surface area (TPSA) is 483 Å². The lowest BCUT2D eigenvalue weighted by Gasteiger charge is -2.32. The smallest absolute Gasteiger partial charge is 0.280 e. The number of unbranched alkanes of at least 4 members (excludes halogenated alkanes) is 2. The van der Waals surface area contributed by atoms with Crippen LogP contribution < -0.4 is 35.9 Å². The van der Waals surface area contributed by atoms with E-state index in [9.17, 15) is 77.3 Å². The molecule has 6 aromatic rings. The van der Waals surface area contributed by atoms with Crippen LogP contribution in [-0.2, 0) is 86.9 Å². The highest BCUT2D eigenvalue weighted by Gasteiger charge is 2.46. The number of amides is 1. The van der Waals surface area contributed by atoms with Crippen molar-refractivity contribution in [3.8, 4) is 11.8 Å². The molecule has 31 nitrogen and oxygen atoms in total. The fraction of sp³-hybridized carbons (Fsp3) is 0.345. The van der Waals surface area contributed by atoms with Gasteiger partial charge < -0.3 is 68.3 Å². The Balaban J connectivity index is 0.904. The first-order chi connectivity index (χ1) is 43.4. The van der Waals surface area contributed by atoms with E-state index in [0.29, 0.717) is 94.7 Å². The average Bonchev–Trinajstić information content (AvgIpc) is 1.61. The van der Waals surface area contributed by atoms with Crippen LogP contribution >= 0.6 is 35.5 Å². The molecular weight excluding hydrogens is 1360 g/mol. The molecule has 1 saturated heterocycles. The molecule has 0 spiro atoms. The minimum absolute atomic E-state index is 0.0496. The number of phosphoric acid groups is 3. The number of anilines is 2. The summed E-state index contributed by atoms with van der Waals surface area (Å²) in [7, 11) is -33.4. The van der Waals surface area contributed by atoms with Crippen LogP contribution in [0.25, 0.3) is 32.6 Å². The summed E-state index contributed by atoms with van der Waals surface area (Å²) in [6.45, 7) is 9.34. The minimum atomic E-state index is -6.11. The first-order valence-corrected chi connectivity index (χ1v) is 37.2. The van der Waals surface area contributed by atoms with Gasteiger partial charge in [-0.25, -0.2) is 43.8 Å². The standard InChI is InChI=1S/C55H62N7O24P3S4/c1-6-60-41-21-19-37-39(26-35(91(72,73)74)28-43(37)90-84-83-64)50(41)54(2,3)45(60)15-9-7-10-16-46-55(4,5)51-40-27-36(92(75,76)77)29-44(93(78,79)80)38(40)20-22-42(51)61(46)25-12-8-11-17-47(63)57-24-13-14-33-30-62(53-49(33)52(56)58-32-59-53)48-23-18-34(82-48)31-81-88(68,69)86-89(70,71)85-87(65,66)67/h7,9-10,15-16,19-22,26-30,32,34,48H,6,8,11-12,17-18,23-25,31H2,1-5H3,(H10-,56,57,58,59,63,64,65,66,67,68,69,70,71,72,73,74,75,76,77,78,79,80)/p-6. The van der Waals surface area contributed by atoms with Gasteiger partial charge in [0, 0.05) is 70.4 Å². The second-order valence-corrected chi connectivity index (χ2v) is 31.4. The molecule has 4 N–H and O–H groups in total. The summed E-state index contributed by atoms with van der Waals surface area (Å²) >= 11 is 0.457. The van der Waals surface area contributed by atoms with Gasteiger partial charge in [-0.2, -0.15) is 8.91 Å². The molecule has 93 heavy (non-hydrogen) atoms. The number of phosphoric ester groups is 1. The third kappa shape index (κ3) is 15.7. The van der Waals surface area contributed by atoms with Gasteiger partial charge in [0.15, 0.2) is 5.71 Å². The van der Waals surface area contributed by atoms with Gasteiger partial charge in [-0.15, -0.1) is 0 Å². The largest absolute Gasteiger partial charge is 0.756 e. The van der Waals surface area contributed by atoms with Gasteiger partial charge >= 0.3 is 0 Å². The summed E-state index contributed by atoms with van der Waals surface area (Å²) < 4.78 is 172. The maximum absolute atomic E-state index is 13.2. The summed E-state index contributed by atoms with van der Waals surface area (Å²) in [5.74, 6) is 5.53. The van der Waals surface area contributed by atoms with Crippen molar-refractivity contribution in [1.29, 1.82) is 0 Å². The summed E-state index contributed by atoms with van der Waals surface area (Å²) in [5, 5.41) is 18.3. The lowest BCUT2D eigenvalue weighted by atomic mass is 9.79. The molecule has 1 amide bonds. The SMILES string of the molecule is CCN1C(=CC=CC=CC2=[N+](CCCCCC(=O)NCC#Cc3cn(C4CCC(COP(=O)([O-])OP(=O)([O-])OP(=O)([O-])O)O4)c4ncnc(N)c34)c3ccc4c(S(=O)(=O)[O-])cc(S(=O)(=O)[O-])cc4c3C2(C)C)C(C)(C)c2c1ccc1c(SOO[O-])cc(S(=O)(=O)[O-])cc21. The number of allylic oxidation sites excluding steroid dienone is 6. The molecule has 0 saturated carbocycles. The van der Waals surface area contributed by atoms with Crippen molar-refractivity contribution in [2.75, 3.05) is 36.9 Å². The van der Waals surface area contributed by atoms with Gasteiger partial charge in [0.2, 0.25) is 11.6 Å². The molecule has 9 rings (SSSR count). The van der Waals surface area contributed by atoms with E-state index in [-0.39, 0.29) is 58.8 Å². The molecule has 5 unspecified atom stereocenters. The molecule has 0 radical (unpaired) electrons. The molecule has 5 atom stereocenters. The van der Waals surface area contributed by atoms with Crippen molar-refractivity contribution in [1.82, 2.24) is 19.9 Å². The van der Waals surface area contributed by atoms with Crippen molar-refractivity contribution in [3.63, 3.8) is 0 Å². The molecule has 4 aromatic carbocycles. The van der Waals surface area contributed by atoms with Crippen molar-refractivity contribution < 1.29 is 114 Å². The summed E-state index contributed by atoms with van der Waals surface area (Å²) in [4.78, 5) is 64.5. The Morgan fingerprint density at radius 1 is 0.860 bits per heavy atom. The van der Waals surface area contributed by atoms with Crippen molar-refractivity contribution in [3.05, 3.63) is 114 Å². The Labute approximate surface area is 536 Å². The van der Waals surface area contributed by atoms with Gasteiger partial charge in [0.25, 0.3) is 23.5 Å². The molecule has 3 aliphatic rings. The maximum atomic E-state index is 13.2. The van der Waals surface area contributed by atoms with Crippen LogP contribution in [0.5, 0.6) is 0 Å². The number of carbonyl (C=O) groups is 1. The van der Waals surface area contributed by atoms with E-state index < -0.39 is 98.3 Å². The number of carbonyl (C=O) groups excluding carboxylic acids is 1. The Bertz CT molecular complexity index is 4730. The molecular formula is C55H56N7O24P3S4-6. The lowest BCUT2D eigenvalue weighted by molar-refractivity contribution is -0.777. The molecule has 0 aliphatic carbocycles. The lowest BCUT2D eigenvalue weighted by Crippen LogP contribution is -2.28. The Hall–Kier alpha value is -6.13. The zero-order valence-electron chi connectivity index (χ0n) is 49.5. The van der Waals surface area contributed by atoms with Gasteiger partial charge in [-0.3, -0.25) is 23.5 Å². The predicted octanol–water partition coefficient (Wildman–Crippen LogP) is 4.31. The fourth-order valence-corrected chi connectivity index (χ4v) is 17.2. The van der Waals surface area contributed by atoms with Crippen molar-refractivity contribution in [2.24, 2.45) is 0 Å². The Morgan fingerprint density at radius 2 is 1.55 bits per heavy atom. The van der Waals surface area contributed by atoms with Crippen LogP contribution in [0.4, 0.5) is 17.2 Å². The van der Waals surface area contributed by atoms with Crippen molar-refractivity contribution in [2.45, 2.75) is 116 Å². The monoisotopic (exact) mass is 1420 g/mol. The first-order valence-electron chi connectivity index (χ1n) is 27.8. The van der Waals surface area contributed by atoms with E-state index in [1.165, 1.54) is 18.5 Å². The highest BCUT2D eigenvalue weighted by molar-refractivity contribution is 7.94. The number of hydrogen-bond donors (Lipinski definition) is 3. The molecule has 0 bridgehead atoms. The number of nitrogens with one attached hydrogen (secondary N) is 1. The number of benzene rings is 4. The molecule has 5 heterocycles. The number of rotatable bonds is 25. The number of aromatic nitrogens is 3. The zero-order valence-corrected chi connectivity index (χ0v) is 55.5. The van der Waals surface area contributed by atoms with Gasteiger partial charge in [-0.1, -0.05) is 50.0 Å². The number of likely N-dealkylation sites (N-methyl/N-ethyl adjacent to an activating group) is 1. The molecule has 500 valence electrons. The number of fused-ring (bicyclic) bond motifs is 7. The second kappa shape index (κ2) is 27.2. The number of ether oxygens (including phenoxy) is 1. The third-order valence-corrected chi connectivity index (χ3v) is 22.4. The highest BCUT2D eigenvalue weighted by atomic mass is 32.2. The van der Waals surface area contributed by atoms with E-state index in [1.807, 2.05) is 62.3 Å². The van der Waals surface area contributed by atoms with E-state index in [0.717, 1.165) is 23.5 Å². The Kier molecular flexibility index (Phi) is 20.8. The fourth-order valence-electron chi connectivity index (χ4n) is 11.8. The second-order valence-electron chi connectivity index (χ2n) is 22.3. The first kappa shape index (κ1) is 71.2. The van der Waals surface area contributed by atoms with E-state index in [1.54, 1.807) is 41.1 Å².